The van der Waals surface area contributed by atoms with Gasteiger partial charge in [0.1, 0.15) is 5.82 Å². The van der Waals surface area contributed by atoms with Crippen LogP contribution in [0, 0.1) is 11.2 Å². The molecule has 1 aromatic rings. The smallest absolute Gasteiger partial charge is 0.123 e. The maximum Gasteiger partial charge on any atom is 0.123 e. The molecule has 0 nitrogen and oxygen atoms in total. The molecule has 2 heteroatoms. The molecule has 1 saturated carbocycles. The summed E-state index contributed by atoms with van der Waals surface area (Å²) in [4.78, 5) is 0. The third-order valence-corrected chi connectivity index (χ3v) is 3.59. The summed E-state index contributed by atoms with van der Waals surface area (Å²) in [6, 6.07) is 6.49. The van der Waals surface area contributed by atoms with Gasteiger partial charge in [0.25, 0.3) is 0 Å². The molecule has 2 rings (SSSR count). The normalized spacial score (nSPS) is 21.2. The van der Waals surface area contributed by atoms with Gasteiger partial charge in [0.2, 0.25) is 0 Å². The highest BCUT2D eigenvalue weighted by atomic mass is 35.5. The highest BCUT2D eigenvalue weighted by Crippen LogP contribution is 2.57. The Labute approximate surface area is 82.7 Å². The molecule has 0 aromatic heterocycles. The van der Waals surface area contributed by atoms with Gasteiger partial charge in [0.15, 0.2) is 0 Å². The van der Waals surface area contributed by atoms with E-state index in [1.165, 1.54) is 25.0 Å². The molecule has 0 bridgehead atoms. The zero-order chi connectivity index (χ0) is 9.47. The standard InChI is InChI=1S/C11H12ClF/c1-11(6-7-11)10(12)8-2-4-9(13)5-3-8/h2-5,10H,6-7H2,1H3. The fourth-order valence-electron chi connectivity index (χ4n) is 1.48. The third kappa shape index (κ3) is 1.71. The Bertz CT molecular complexity index is 300. The summed E-state index contributed by atoms with van der Waals surface area (Å²) < 4.78 is 12.6. The van der Waals surface area contributed by atoms with Crippen molar-refractivity contribution in [3.8, 4) is 0 Å². The molecule has 0 aliphatic heterocycles. The quantitative estimate of drug-likeness (QED) is 0.633. The van der Waals surface area contributed by atoms with E-state index in [1.54, 1.807) is 12.1 Å². The van der Waals surface area contributed by atoms with Crippen LogP contribution in [-0.2, 0) is 0 Å². The van der Waals surface area contributed by atoms with Crippen LogP contribution >= 0.6 is 11.6 Å². The summed E-state index contributed by atoms with van der Waals surface area (Å²) in [6.07, 6.45) is 2.36. The van der Waals surface area contributed by atoms with Crippen LogP contribution in [0.5, 0.6) is 0 Å². The van der Waals surface area contributed by atoms with Gasteiger partial charge in [-0.15, -0.1) is 11.6 Å². The number of halogens is 2. The van der Waals surface area contributed by atoms with E-state index in [0.29, 0.717) is 0 Å². The molecule has 1 atom stereocenters. The first-order valence-corrected chi connectivity index (χ1v) is 4.95. The zero-order valence-corrected chi connectivity index (χ0v) is 8.31. The Morgan fingerprint density at radius 3 is 2.31 bits per heavy atom. The average molecular weight is 199 g/mol. The summed E-state index contributed by atoms with van der Waals surface area (Å²) in [5.74, 6) is -0.200. The molecule has 0 heterocycles. The average Bonchev–Trinajstić information content (AvgIpc) is 2.85. The molecule has 0 saturated heterocycles. The predicted octanol–water partition coefficient (Wildman–Crippen LogP) is 3.91. The second-order valence-corrected chi connectivity index (χ2v) is 4.50. The van der Waals surface area contributed by atoms with Crippen LogP contribution < -0.4 is 0 Å². The second-order valence-electron chi connectivity index (χ2n) is 4.07. The Morgan fingerprint density at radius 1 is 1.31 bits per heavy atom. The minimum absolute atomic E-state index is 0.0353. The number of hydrogen-bond donors (Lipinski definition) is 0. The molecule has 1 fully saturated rings. The van der Waals surface area contributed by atoms with Gasteiger partial charge < -0.3 is 0 Å². The van der Waals surface area contributed by atoms with Crippen LogP contribution in [-0.4, -0.2) is 0 Å². The van der Waals surface area contributed by atoms with Gasteiger partial charge in [-0.2, -0.15) is 0 Å². The lowest BCUT2D eigenvalue weighted by molar-refractivity contribution is 0.547. The van der Waals surface area contributed by atoms with Crippen molar-refractivity contribution in [3.63, 3.8) is 0 Å². The summed E-state index contributed by atoms with van der Waals surface area (Å²) in [5, 5.41) is 0.0353. The maximum atomic E-state index is 12.6. The van der Waals surface area contributed by atoms with E-state index in [0.717, 1.165) is 5.56 Å². The molecular weight excluding hydrogens is 187 g/mol. The van der Waals surface area contributed by atoms with Crippen molar-refractivity contribution < 1.29 is 4.39 Å². The first kappa shape index (κ1) is 9.01. The SMILES string of the molecule is CC1(C(Cl)c2ccc(F)cc2)CC1. The van der Waals surface area contributed by atoms with Crippen molar-refractivity contribution in [2.24, 2.45) is 5.41 Å². The number of alkyl halides is 1. The van der Waals surface area contributed by atoms with Gasteiger partial charge >= 0.3 is 0 Å². The van der Waals surface area contributed by atoms with E-state index in [1.807, 2.05) is 0 Å². The molecule has 0 N–H and O–H groups in total. The first-order chi connectivity index (χ1) is 6.12. The van der Waals surface area contributed by atoms with E-state index in [9.17, 15) is 4.39 Å². The number of benzene rings is 1. The number of rotatable bonds is 2. The lowest BCUT2D eigenvalue weighted by Gasteiger charge is -2.16. The molecule has 1 aliphatic carbocycles. The molecular formula is C11H12ClF. The van der Waals surface area contributed by atoms with Crippen molar-refractivity contribution in [2.45, 2.75) is 25.1 Å². The molecule has 70 valence electrons. The minimum atomic E-state index is -0.200. The van der Waals surface area contributed by atoms with E-state index in [-0.39, 0.29) is 16.6 Å². The van der Waals surface area contributed by atoms with Crippen molar-refractivity contribution in [1.82, 2.24) is 0 Å². The monoisotopic (exact) mass is 198 g/mol. The van der Waals surface area contributed by atoms with Crippen molar-refractivity contribution in [2.75, 3.05) is 0 Å². The summed E-state index contributed by atoms with van der Waals surface area (Å²) in [7, 11) is 0. The minimum Gasteiger partial charge on any atom is -0.207 e. The van der Waals surface area contributed by atoms with E-state index < -0.39 is 0 Å². The fraction of sp³-hybridized carbons (Fsp3) is 0.455. The molecule has 0 radical (unpaired) electrons. The highest BCUT2D eigenvalue weighted by Gasteiger charge is 2.44. The zero-order valence-electron chi connectivity index (χ0n) is 7.56. The van der Waals surface area contributed by atoms with Crippen LogP contribution in [0.2, 0.25) is 0 Å². The molecule has 1 unspecified atom stereocenters. The lowest BCUT2D eigenvalue weighted by Crippen LogP contribution is -2.03. The Balaban J connectivity index is 2.20. The molecule has 0 spiro atoms. The molecule has 13 heavy (non-hydrogen) atoms. The predicted molar refractivity (Wildman–Crippen MR) is 52.3 cm³/mol. The van der Waals surface area contributed by atoms with Crippen molar-refractivity contribution in [1.29, 1.82) is 0 Å². The van der Waals surface area contributed by atoms with Crippen LogP contribution in [0.25, 0.3) is 0 Å². The van der Waals surface area contributed by atoms with Gasteiger partial charge in [-0.1, -0.05) is 19.1 Å². The van der Waals surface area contributed by atoms with Crippen LogP contribution in [0.1, 0.15) is 30.7 Å². The number of hydrogen-bond acceptors (Lipinski definition) is 0. The topological polar surface area (TPSA) is 0 Å². The van der Waals surface area contributed by atoms with Crippen molar-refractivity contribution in [3.05, 3.63) is 35.6 Å². The Morgan fingerprint density at radius 2 is 1.85 bits per heavy atom. The van der Waals surface area contributed by atoms with Gasteiger partial charge in [-0.3, -0.25) is 0 Å². The van der Waals surface area contributed by atoms with Gasteiger partial charge in [0.05, 0.1) is 5.38 Å². The van der Waals surface area contributed by atoms with Gasteiger partial charge in [-0.05, 0) is 36.0 Å². The molecule has 1 aromatic carbocycles. The van der Waals surface area contributed by atoms with Gasteiger partial charge in [-0.25, -0.2) is 4.39 Å². The van der Waals surface area contributed by atoms with E-state index in [2.05, 4.69) is 6.92 Å². The molecule has 1 aliphatic rings. The Hall–Kier alpha value is -0.560. The van der Waals surface area contributed by atoms with Gasteiger partial charge in [0, 0.05) is 0 Å². The summed E-state index contributed by atoms with van der Waals surface area (Å²) in [6.45, 7) is 2.17. The largest absolute Gasteiger partial charge is 0.207 e. The lowest BCUT2D eigenvalue weighted by atomic mass is 9.98. The summed E-state index contributed by atoms with van der Waals surface area (Å²) in [5.41, 5.74) is 1.28. The van der Waals surface area contributed by atoms with Crippen LogP contribution in [0.4, 0.5) is 4.39 Å². The fourth-order valence-corrected chi connectivity index (χ4v) is 1.85. The maximum absolute atomic E-state index is 12.6. The first-order valence-electron chi connectivity index (χ1n) is 4.51. The van der Waals surface area contributed by atoms with E-state index >= 15 is 0 Å². The van der Waals surface area contributed by atoms with Crippen LogP contribution in [0.15, 0.2) is 24.3 Å². The second kappa shape index (κ2) is 2.98. The third-order valence-electron chi connectivity index (χ3n) is 2.81. The summed E-state index contributed by atoms with van der Waals surface area (Å²) >= 11 is 6.27. The van der Waals surface area contributed by atoms with Crippen molar-refractivity contribution >= 4 is 11.6 Å². The van der Waals surface area contributed by atoms with E-state index in [4.69, 9.17) is 11.6 Å². The van der Waals surface area contributed by atoms with Crippen LogP contribution in [0.3, 0.4) is 0 Å². The highest BCUT2D eigenvalue weighted by molar-refractivity contribution is 6.21. The Kier molecular flexibility index (Phi) is 2.07. The molecule has 0 amide bonds.